The molecular formula is C13H24O3. The van der Waals surface area contributed by atoms with Crippen LogP contribution in [0.4, 0.5) is 0 Å². The van der Waals surface area contributed by atoms with E-state index in [2.05, 4.69) is 13.8 Å². The van der Waals surface area contributed by atoms with Crippen LogP contribution in [0.15, 0.2) is 0 Å². The molecule has 1 N–H and O–H groups in total. The third-order valence-electron chi connectivity index (χ3n) is 3.65. The molecular weight excluding hydrogens is 204 g/mol. The Labute approximate surface area is 98.2 Å². The van der Waals surface area contributed by atoms with Crippen molar-refractivity contribution in [2.45, 2.75) is 58.5 Å². The average molecular weight is 228 g/mol. The van der Waals surface area contributed by atoms with Crippen molar-refractivity contribution < 1.29 is 14.6 Å². The molecule has 1 fully saturated rings. The molecule has 0 aliphatic heterocycles. The highest BCUT2D eigenvalue weighted by atomic mass is 16.5. The molecule has 0 amide bonds. The molecule has 0 aromatic carbocycles. The summed E-state index contributed by atoms with van der Waals surface area (Å²) in [6, 6.07) is 0. The Balaban J connectivity index is 2.33. The van der Waals surface area contributed by atoms with Gasteiger partial charge in [0.1, 0.15) is 0 Å². The quantitative estimate of drug-likeness (QED) is 0.735. The molecule has 0 aromatic heterocycles. The smallest absolute Gasteiger partial charge is 0.311 e. The lowest BCUT2D eigenvalue weighted by atomic mass is 9.86. The second-order valence-electron chi connectivity index (χ2n) is 4.77. The summed E-state index contributed by atoms with van der Waals surface area (Å²) >= 11 is 0. The monoisotopic (exact) mass is 228 g/mol. The maximum absolute atomic E-state index is 11.8. The SMILES string of the molecule is CCC(CC)COC(=O)[C@H]1CCCC[C@H]1O. The zero-order chi connectivity index (χ0) is 12.0. The maximum atomic E-state index is 11.8. The normalized spacial score (nSPS) is 25.8. The molecule has 0 aromatic rings. The van der Waals surface area contributed by atoms with Gasteiger partial charge < -0.3 is 9.84 Å². The first-order chi connectivity index (χ1) is 7.69. The summed E-state index contributed by atoms with van der Waals surface area (Å²) in [6.45, 7) is 4.73. The molecule has 1 saturated carbocycles. The Bertz CT molecular complexity index is 211. The molecule has 16 heavy (non-hydrogen) atoms. The van der Waals surface area contributed by atoms with Crippen LogP contribution in [0.25, 0.3) is 0 Å². The average Bonchev–Trinajstić information content (AvgIpc) is 2.30. The van der Waals surface area contributed by atoms with Gasteiger partial charge in [-0.1, -0.05) is 39.5 Å². The molecule has 1 rings (SSSR count). The lowest BCUT2D eigenvalue weighted by molar-refractivity contribution is -0.155. The predicted molar refractivity (Wildman–Crippen MR) is 63.0 cm³/mol. The van der Waals surface area contributed by atoms with E-state index in [4.69, 9.17) is 4.74 Å². The minimum Gasteiger partial charge on any atom is -0.465 e. The van der Waals surface area contributed by atoms with Gasteiger partial charge in [-0.25, -0.2) is 0 Å². The van der Waals surface area contributed by atoms with Crippen molar-refractivity contribution >= 4 is 5.97 Å². The highest BCUT2D eigenvalue weighted by Gasteiger charge is 2.30. The Morgan fingerprint density at radius 3 is 2.50 bits per heavy atom. The zero-order valence-electron chi connectivity index (χ0n) is 10.4. The van der Waals surface area contributed by atoms with Crippen molar-refractivity contribution in [3.8, 4) is 0 Å². The molecule has 1 aliphatic rings. The number of rotatable bonds is 5. The predicted octanol–water partition coefficient (Wildman–Crippen LogP) is 2.52. The summed E-state index contributed by atoms with van der Waals surface area (Å²) in [5.74, 6) is -0.00750. The second-order valence-corrected chi connectivity index (χ2v) is 4.77. The number of esters is 1. The summed E-state index contributed by atoms with van der Waals surface area (Å²) in [5.41, 5.74) is 0. The van der Waals surface area contributed by atoms with Crippen molar-refractivity contribution in [1.29, 1.82) is 0 Å². The maximum Gasteiger partial charge on any atom is 0.311 e. The molecule has 3 heteroatoms. The first-order valence-corrected chi connectivity index (χ1v) is 6.53. The van der Waals surface area contributed by atoms with Gasteiger partial charge in [-0.2, -0.15) is 0 Å². The lowest BCUT2D eigenvalue weighted by Crippen LogP contribution is -2.33. The van der Waals surface area contributed by atoms with Crippen LogP contribution in [-0.4, -0.2) is 23.8 Å². The number of aliphatic hydroxyl groups is 1. The van der Waals surface area contributed by atoms with Crippen molar-refractivity contribution in [1.82, 2.24) is 0 Å². The van der Waals surface area contributed by atoms with Crippen LogP contribution < -0.4 is 0 Å². The topological polar surface area (TPSA) is 46.5 Å². The molecule has 2 atom stereocenters. The van der Waals surface area contributed by atoms with Crippen LogP contribution in [0.3, 0.4) is 0 Å². The van der Waals surface area contributed by atoms with E-state index in [1.807, 2.05) is 0 Å². The highest BCUT2D eigenvalue weighted by Crippen LogP contribution is 2.25. The number of hydrogen-bond donors (Lipinski definition) is 1. The van der Waals surface area contributed by atoms with E-state index in [0.717, 1.165) is 38.5 Å². The molecule has 1 aliphatic carbocycles. The second kappa shape index (κ2) is 6.89. The lowest BCUT2D eigenvalue weighted by Gasteiger charge is -2.26. The highest BCUT2D eigenvalue weighted by molar-refractivity contribution is 5.73. The van der Waals surface area contributed by atoms with E-state index in [9.17, 15) is 9.90 Å². The van der Waals surface area contributed by atoms with E-state index in [-0.39, 0.29) is 11.9 Å². The van der Waals surface area contributed by atoms with Crippen LogP contribution in [0.5, 0.6) is 0 Å². The fourth-order valence-corrected chi connectivity index (χ4v) is 2.22. The van der Waals surface area contributed by atoms with Crippen LogP contribution in [0.1, 0.15) is 52.4 Å². The van der Waals surface area contributed by atoms with Crippen molar-refractivity contribution in [2.24, 2.45) is 11.8 Å². The number of ether oxygens (including phenoxy) is 1. The molecule has 3 nitrogen and oxygen atoms in total. The fraction of sp³-hybridized carbons (Fsp3) is 0.923. The summed E-state index contributed by atoms with van der Waals surface area (Å²) < 4.78 is 5.30. The summed E-state index contributed by atoms with van der Waals surface area (Å²) in [7, 11) is 0. The van der Waals surface area contributed by atoms with Crippen molar-refractivity contribution in [2.75, 3.05) is 6.61 Å². The van der Waals surface area contributed by atoms with Crippen molar-refractivity contribution in [3.05, 3.63) is 0 Å². The molecule has 0 spiro atoms. The van der Waals surface area contributed by atoms with Gasteiger partial charge in [-0.3, -0.25) is 4.79 Å². The number of carbonyl (C=O) groups excluding carboxylic acids is 1. The first-order valence-electron chi connectivity index (χ1n) is 6.53. The first kappa shape index (κ1) is 13.5. The molecule has 0 radical (unpaired) electrons. The molecule has 0 saturated heterocycles. The Morgan fingerprint density at radius 1 is 1.31 bits per heavy atom. The standard InChI is InChI=1S/C13H24O3/c1-3-10(4-2)9-16-13(15)11-7-5-6-8-12(11)14/h10-12,14H,3-9H2,1-2H3/t11-,12+/m0/s1. The van der Waals surface area contributed by atoms with Crippen LogP contribution in [0, 0.1) is 11.8 Å². The Hall–Kier alpha value is -0.570. The van der Waals surface area contributed by atoms with Gasteiger partial charge in [-0.05, 0) is 18.8 Å². The third kappa shape index (κ3) is 3.78. The summed E-state index contributed by atoms with van der Waals surface area (Å²) in [6.07, 6.45) is 5.17. The Morgan fingerprint density at radius 2 is 1.94 bits per heavy atom. The summed E-state index contributed by atoms with van der Waals surface area (Å²) in [4.78, 5) is 11.8. The molecule has 0 unspecified atom stereocenters. The minimum atomic E-state index is -0.483. The van der Waals surface area contributed by atoms with Gasteiger partial charge >= 0.3 is 5.97 Å². The van der Waals surface area contributed by atoms with Gasteiger partial charge in [0.2, 0.25) is 0 Å². The molecule has 94 valence electrons. The van der Waals surface area contributed by atoms with Gasteiger partial charge in [-0.15, -0.1) is 0 Å². The van der Waals surface area contributed by atoms with E-state index >= 15 is 0 Å². The molecule has 0 bridgehead atoms. The van der Waals surface area contributed by atoms with Crippen LogP contribution in [0.2, 0.25) is 0 Å². The van der Waals surface area contributed by atoms with Gasteiger partial charge in [0.05, 0.1) is 18.6 Å². The zero-order valence-corrected chi connectivity index (χ0v) is 10.4. The number of aliphatic hydroxyl groups excluding tert-OH is 1. The number of carbonyl (C=O) groups is 1. The van der Waals surface area contributed by atoms with Gasteiger partial charge in [0.25, 0.3) is 0 Å². The number of hydrogen-bond acceptors (Lipinski definition) is 3. The molecule has 0 heterocycles. The van der Waals surface area contributed by atoms with Crippen LogP contribution >= 0.6 is 0 Å². The van der Waals surface area contributed by atoms with E-state index in [1.165, 1.54) is 0 Å². The van der Waals surface area contributed by atoms with E-state index in [0.29, 0.717) is 12.5 Å². The van der Waals surface area contributed by atoms with E-state index in [1.54, 1.807) is 0 Å². The van der Waals surface area contributed by atoms with Gasteiger partial charge in [0, 0.05) is 0 Å². The Kier molecular flexibility index (Phi) is 5.81. The van der Waals surface area contributed by atoms with Gasteiger partial charge in [0.15, 0.2) is 0 Å². The van der Waals surface area contributed by atoms with Crippen LogP contribution in [-0.2, 0) is 9.53 Å². The fourth-order valence-electron chi connectivity index (χ4n) is 2.22. The van der Waals surface area contributed by atoms with E-state index < -0.39 is 6.10 Å². The van der Waals surface area contributed by atoms with Crippen molar-refractivity contribution in [3.63, 3.8) is 0 Å². The third-order valence-corrected chi connectivity index (χ3v) is 3.65. The largest absolute Gasteiger partial charge is 0.465 e. The minimum absolute atomic E-state index is 0.195. The summed E-state index contributed by atoms with van der Waals surface area (Å²) in [5, 5.41) is 9.72.